The molecule has 1 aromatic carbocycles. The highest BCUT2D eigenvalue weighted by Crippen LogP contribution is 2.41. The summed E-state index contributed by atoms with van der Waals surface area (Å²) in [5.41, 5.74) is 7.33. The van der Waals surface area contributed by atoms with Crippen LogP contribution < -0.4 is 5.73 Å². The zero-order valence-corrected chi connectivity index (χ0v) is 13.5. The minimum atomic E-state index is -0.153. The van der Waals surface area contributed by atoms with Crippen molar-refractivity contribution in [1.29, 1.82) is 0 Å². The highest BCUT2D eigenvalue weighted by atomic mass is 35.5. The van der Waals surface area contributed by atoms with Gasteiger partial charge in [0, 0.05) is 29.6 Å². The summed E-state index contributed by atoms with van der Waals surface area (Å²) in [7, 11) is 0. The van der Waals surface area contributed by atoms with Crippen LogP contribution in [0.3, 0.4) is 0 Å². The van der Waals surface area contributed by atoms with E-state index in [1.54, 1.807) is 0 Å². The number of carbonyl (C=O) groups is 1. The van der Waals surface area contributed by atoms with Crippen molar-refractivity contribution in [3.8, 4) is 0 Å². The molecule has 1 heterocycles. The fraction of sp³-hybridized carbons (Fsp3) is 0.588. The van der Waals surface area contributed by atoms with Gasteiger partial charge in [0.25, 0.3) is 0 Å². The summed E-state index contributed by atoms with van der Waals surface area (Å²) >= 11 is 6.14. The molecule has 1 amide bonds. The molecule has 1 saturated heterocycles. The third-order valence-corrected chi connectivity index (χ3v) is 5.42. The Morgan fingerprint density at radius 2 is 2.14 bits per heavy atom. The molecule has 0 aromatic heterocycles. The van der Waals surface area contributed by atoms with Crippen molar-refractivity contribution in [2.24, 2.45) is 5.73 Å². The van der Waals surface area contributed by atoms with Crippen molar-refractivity contribution >= 4 is 17.7 Å². The van der Waals surface area contributed by atoms with E-state index in [9.17, 15) is 4.79 Å². The largest absolute Gasteiger partial charge is 0.449 e. The highest BCUT2D eigenvalue weighted by Gasteiger charge is 2.39. The Kier molecular flexibility index (Phi) is 4.59. The van der Waals surface area contributed by atoms with E-state index in [1.807, 2.05) is 23.1 Å². The number of nitrogens with two attached hydrogens (primary N) is 1. The SMILES string of the molecule is NC[C@]1(c2cccc(Cl)c2)CC[C@@H](N2CCCOC2=O)CC1. The second-order valence-corrected chi connectivity index (χ2v) is 6.82. The van der Waals surface area contributed by atoms with Gasteiger partial charge in [0.2, 0.25) is 0 Å². The van der Waals surface area contributed by atoms with Crippen LogP contribution in [-0.4, -0.2) is 36.7 Å². The number of ether oxygens (including phenoxy) is 1. The van der Waals surface area contributed by atoms with Gasteiger partial charge in [-0.15, -0.1) is 0 Å². The number of rotatable bonds is 3. The van der Waals surface area contributed by atoms with Crippen LogP contribution >= 0.6 is 11.6 Å². The first-order valence-corrected chi connectivity index (χ1v) is 8.42. The van der Waals surface area contributed by atoms with E-state index < -0.39 is 0 Å². The van der Waals surface area contributed by atoms with Crippen molar-refractivity contribution in [3.63, 3.8) is 0 Å². The lowest BCUT2D eigenvalue weighted by molar-refractivity contribution is 0.0407. The number of halogens is 1. The maximum atomic E-state index is 11.9. The lowest BCUT2D eigenvalue weighted by Gasteiger charge is -2.44. The topological polar surface area (TPSA) is 55.6 Å². The van der Waals surface area contributed by atoms with Gasteiger partial charge >= 0.3 is 6.09 Å². The zero-order valence-electron chi connectivity index (χ0n) is 12.8. The third-order valence-electron chi connectivity index (χ3n) is 5.18. The summed E-state index contributed by atoms with van der Waals surface area (Å²) in [5.74, 6) is 0. The molecular formula is C17H23ClN2O2. The molecule has 4 nitrogen and oxygen atoms in total. The summed E-state index contributed by atoms with van der Waals surface area (Å²) in [4.78, 5) is 13.8. The maximum Gasteiger partial charge on any atom is 0.410 e. The summed E-state index contributed by atoms with van der Waals surface area (Å²) in [5, 5.41) is 0.757. The quantitative estimate of drug-likeness (QED) is 0.928. The molecule has 0 atom stereocenters. The molecule has 1 aliphatic carbocycles. The van der Waals surface area contributed by atoms with E-state index in [-0.39, 0.29) is 17.6 Å². The molecule has 22 heavy (non-hydrogen) atoms. The van der Waals surface area contributed by atoms with Crippen molar-refractivity contribution in [3.05, 3.63) is 34.9 Å². The Bertz CT molecular complexity index is 541. The number of carbonyl (C=O) groups excluding carboxylic acids is 1. The molecule has 1 saturated carbocycles. The molecule has 1 aromatic rings. The molecule has 0 spiro atoms. The Balaban J connectivity index is 1.72. The molecule has 3 rings (SSSR count). The Hall–Kier alpha value is -1.26. The average Bonchev–Trinajstić information content (AvgIpc) is 2.55. The van der Waals surface area contributed by atoms with E-state index >= 15 is 0 Å². The summed E-state index contributed by atoms with van der Waals surface area (Å²) in [6, 6.07) is 8.32. The average molecular weight is 323 g/mol. The molecule has 2 fully saturated rings. The molecule has 2 aliphatic rings. The van der Waals surface area contributed by atoms with Gasteiger partial charge in [-0.25, -0.2) is 4.79 Å². The predicted octanol–water partition coefficient (Wildman–Crippen LogP) is 3.32. The van der Waals surface area contributed by atoms with E-state index in [4.69, 9.17) is 22.1 Å². The minimum absolute atomic E-state index is 0.0128. The van der Waals surface area contributed by atoms with Crippen LogP contribution in [0.5, 0.6) is 0 Å². The van der Waals surface area contributed by atoms with Crippen LogP contribution in [0.2, 0.25) is 5.02 Å². The molecule has 0 bridgehead atoms. The highest BCUT2D eigenvalue weighted by molar-refractivity contribution is 6.30. The van der Waals surface area contributed by atoms with Crippen LogP contribution in [0.15, 0.2) is 24.3 Å². The minimum Gasteiger partial charge on any atom is -0.449 e. The first-order valence-electron chi connectivity index (χ1n) is 8.04. The van der Waals surface area contributed by atoms with E-state index in [0.29, 0.717) is 13.2 Å². The molecule has 120 valence electrons. The first kappa shape index (κ1) is 15.6. The van der Waals surface area contributed by atoms with Crippen molar-refractivity contribution in [1.82, 2.24) is 4.90 Å². The number of nitrogens with zero attached hydrogens (tertiary/aromatic N) is 1. The Labute approximate surface area is 136 Å². The predicted molar refractivity (Wildman–Crippen MR) is 87.1 cm³/mol. The van der Waals surface area contributed by atoms with Crippen molar-refractivity contribution < 1.29 is 9.53 Å². The lowest BCUT2D eigenvalue weighted by atomic mass is 9.68. The summed E-state index contributed by atoms with van der Waals surface area (Å²) < 4.78 is 5.17. The monoisotopic (exact) mass is 322 g/mol. The second kappa shape index (κ2) is 6.47. The van der Waals surface area contributed by atoms with Gasteiger partial charge in [-0.05, 0) is 49.8 Å². The summed E-state index contributed by atoms with van der Waals surface area (Å²) in [6.45, 7) is 1.98. The number of amides is 1. The van der Waals surface area contributed by atoms with Crippen molar-refractivity contribution in [2.75, 3.05) is 19.7 Å². The second-order valence-electron chi connectivity index (χ2n) is 6.39. The normalized spacial score (nSPS) is 29.3. The Morgan fingerprint density at radius 3 is 2.77 bits per heavy atom. The van der Waals surface area contributed by atoms with Gasteiger partial charge in [-0.3, -0.25) is 0 Å². The molecule has 2 N–H and O–H groups in total. The molecule has 0 radical (unpaired) electrons. The maximum absolute atomic E-state index is 11.9. The molecule has 5 heteroatoms. The van der Waals surface area contributed by atoms with Crippen LogP contribution in [0.1, 0.15) is 37.7 Å². The van der Waals surface area contributed by atoms with Crippen LogP contribution in [0.4, 0.5) is 4.79 Å². The Morgan fingerprint density at radius 1 is 1.36 bits per heavy atom. The fourth-order valence-corrected chi connectivity index (χ4v) is 3.99. The number of cyclic esters (lactones) is 1. The molecular weight excluding hydrogens is 300 g/mol. The lowest BCUT2D eigenvalue weighted by Crippen LogP contribution is -2.49. The van der Waals surface area contributed by atoms with Gasteiger partial charge < -0.3 is 15.4 Å². The number of benzene rings is 1. The van der Waals surface area contributed by atoms with Crippen molar-refractivity contribution in [2.45, 2.75) is 43.6 Å². The van der Waals surface area contributed by atoms with Gasteiger partial charge in [0.05, 0.1) is 6.61 Å². The van der Waals surface area contributed by atoms with E-state index in [2.05, 4.69) is 6.07 Å². The third kappa shape index (κ3) is 2.95. The van der Waals surface area contributed by atoms with Crippen LogP contribution in [0, 0.1) is 0 Å². The van der Waals surface area contributed by atoms with Gasteiger partial charge in [-0.1, -0.05) is 23.7 Å². The molecule has 0 unspecified atom stereocenters. The fourth-order valence-electron chi connectivity index (χ4n) is 3.80. The van der Waals surface area contributed by atoms with Gasteiger partial charge in [-0.2, -0.15) is 0 Å². The zero-order chi connectivity index (χ0) is 15.6. The van der Waals surface area contributed by atoms with Crippen LogP contribution in [-0.2, 0) is 10.2 Å². The summed E-state index contributed by atoms with van der Waals surface area (Å²) in [6.07, 6.45) is 4.69. The first-order chi connectivity index (χ1) is 10.6. The van der Waals surface area contributed by atoms with Crippen LogP contribution in [0.25, 0.3) is 0 Å². The smallest absolute Gasteiger partial charge is 0.410 e. The van der Waals surface area contributed by atoms with E-state index in [0.717, 1.165) is 43.7 Å². The van der Waals surface area contributed by atoms with E-state index in [1.165, 1.54) is 5.56 Å². The number of hydrogen-bond acceptors (Lipinski definition) is 3. The van der Waals surface area contributed by atoms with Gasteiger partial charge in [0.1, 0.15) is 0 Å². The van der Waals surface area contributed by atoms with Gasteiger partial charge in [0.15, 0.2) is 0 Å². The number of hydrogen-bond donors (Lipinski definition) is 1. The molecule has 1 aliphatic heterocycles. The standard InChI is InChI=1S/C17H23ClN2O2/c18-14-4-1-3-13(11-14)17(12-19)7-5-15(6-8-17)20-9-2-10-22-16(20)21/h1,3-4,11,15H,2,5-10,12,19H2/t15-,17+.